The molecule has 118 valence electrons. The lowest BCUT2D eigenvalue weighted by Gasteiger charge is -2.37. The van der Waals surface area contributed by atoms with Gasteiger partial charge in [0.05, 0.1) is 10.3 Å². The van der Waals surface area contributed by atoms with Crippen molar-refractivity contribution < 1.29 is 13.2 Å². The maximum absolute atomic E-state index is 12.5. The van der Waals surface area contributed by atoms with Crippen LogP contribution in [0.25, 0.3) is 0 Å². The minimum atomic E-state index is -3.32. The highest BCUT2D eigenvalue weighted by atomic mass is 32.2. The Morgan fingerprint density at radius 3 is 2.14 bits per heavy atom. The van der Waals surface area contributed by atoms with Gasteiger partial charge in [-0.05, 0) is 52.3 Å². The lowest BCUT2D eigenvalue weighted by Crippen LogP contribution is -2.53. The zero-order chi connectivity index (χ0) is 16.6. The topological polar surface area (TPSA) is 89.3 Å². The molecule has 0 unspecified atom stereocenters. The molecule has 5 nitrogen and oxygen atoms in total. The third kappa shape index (κ3) is 3.83. The van der Waals surface area contributed by atoms with Crippen LogP contribution in [-0.4, -0.2) is 26.1 Å². The summed E-state index contributed by atoms with van der Waals surface area (Å²) in [5.74, 6) is -0.247. The van der Waals surface area contributed by atoms with Gasteiger partial charge < -0.3 is 11.1 Å². The van der Waals surface area contributed by atoms with Gasteiger partial charge in [0.25, 0.3) is 0 Å². The van der Waals surface area contributed by atoms with Crippen molar-refractivity contribution >= 4 is 21.4 Å². The van der Waals surface area contributed by atoms with Gasteiger partial charge in [0.2, 0.25) is 5.91 Å². The quantitative estimate of drug-likeness (QED) is 0.891. The molecule has 1 rings (SSSR count). The van der Waals surface area contributed by atoms with Crippen LogP contribution in [-0.2, 0) is 14.6 Å². The Kier molecular flexibility index (Phi) is 4.56. The highest BCUT2D eigenvalue weighted by Gasteiger charge is 2.40. The van der Waals surface area contributed by atoms with E-state index in [1.165, 1.54) is 12.1 Å². The van der Waals surface area contributed by atoms with Crippen LogP contribution in [0.4, 0.5) is 5.69 Å². The van der Waals surface area contributed by atoms with E-state index in [9.17, 15) is 13.2 Å². The van der Waals surface area contributed by atoms with Crippen LogP contribution < -0.4 is 11.1 Å². The number of sulfone groups is 1. The molecule has 3 N–H and O–H groups in total. The molecule has 1 aromatic carbocycles. The number of hydrogen-bond donors (Lipinski definition) is 2. The third-order valence-corrected chi connectivity index (χ3v) is 5.17. The minimum absolute atomic E-state index is 0.174. The molecule has 0 bridgehead atoms. The second-order valence-corrected chi connectivity index (χ2v) is 8.57. The molecule has 6 heteroatoms. The number of nitrogens with two attached hydrogens (primary N) is 1. The maximum atomic E-state index is 12.5. The fourth-order valence-electron chi connectivity index (χ4n) is 1.54. The second-order valence-electron chi connectivity index (χ2n) is 6.55. The molecule has 0 aromatic heterocycles. The summed E-state index contributed by atoms with van der Waals surface area (Å²) in [4.78, 5) is 12.6. The third-order valence-electron chi connectivity index (χ3n) is 4.06. The summed E-state index contributed by atoms with van der Waals surface area (Å²) in [5, 5.41) is 2.79. The molecule has 0 spiro atoms. The minimum Gasteiger partial charge on any atom is -0.325 e. The predicted octanol–water partition coefficient (Wildman–Crippen LogP) is 2.10. The fourth-order valence-corrected chi connectivity index (χ4v) is 2.18. The summed E-state index contributed by atoms with van der Waals surface area (Å²) in [6.45, 7) is 8.90. The number of rotatable bonds is 4. The van der Waals surface area contributed by atoms with E-state index in [1.807, 2.05) is 6.92 Å². The van der Waals surface area contributed by atoms with E-state index in [-0.39, 0.29) is 10.8 Å². The zero-order valence-electron chi connectivity index (χ0n) is 13.4. The Balaban J connectivity index is 3.18. The molecule has 1 amide bonds. The van der Waals surface area contributed by atoms with Gasteiger partial charge in [0.15, 0.2) is 9.84 Å². The van der Waals surface area contributed by atoms with Gasteiger partial charge in [0, 0.05) is 17.5 Å². The molecule has 0 atom stereocenters. The van der Waals surface area contributed by atoms with Gasteiger partial charge in [-0.1, -0.05) is 6.07 Å². The molecule has 0 aliphatic rings. The normalized spacial score (nSPS) is 13.1. The molecule has 0 fully saturated rings. The molecule has 0 radical (unpaired) electrons. The van der Waals surface area contributed by atoms with E-state index in [1.54, 1.807) is 33.8 Å². The molecule has 0 aliphatic carbocycles. The standard InChI is InChI=1S/C15H24N2O3S/c1-10-7-8-11(21(6,19)20)9-12(10)17-13(18)14(2,3)15(4,5)16/h7-9H,16H2,1-6H3,(H,17,18). The maximum Gasteiger partial charge on any atom is 0.231 e. The van der Waals surface area contributed by atoms with Crippen LogP contribution in [0.3, 0.4) is 0 Å². The van der Waals surface area contributed by atoms with Crippen molar-refractivity contribution in [3.8, 4) is 0 Å². The van der Waals surface area contributed by atoms with Gasteiger partial charge >= 0.3 is 0 Å². The Hall–Kier alpha value is -1.40. The van der Waals surface area contributed by atoms with Crippen LogP contribution in [0.15, 0.2) is 23.1 Å². The lowest BCUT2D eigenvalue weighted by atomic mass is 9.74. The Labute approximate surface area is 126 Å². The van der Waals surface area contributed by atoms with Crippen LogP contribution in [0, 0.1) is 12.3 Å². The van der Waals surface area contributed by atoms with E-state index < -0.39 is 20.8 Å². The highest BCUT2D eigenvalue weighted by molar-refractivity contribution is 7.90. The number of aryl methyl sites for hydroxylation is 1. The first-order valence-corrected chi connectivity index (χ1v) is 8.57. The fraction of sp³-hybridized carbons (Fsp3) is 0.533. The van der Waals surface area contributed by atoms with Gasteiger partial charge in [-0.2, -0.15) is 0 Å². The summed E-state index contributed by atoms with van der Waals surface area (Å²) in [5.41, 5.74) is 5.81. The summed E-state index contributed by atoms with van der Waals surface area (Å²) in [6.07, 6.45) is 1.14. The number of carbonyl (C=O) groups is 1. The summed E-state index contributed by atoms with van der Waals surface area (Å²) in [7, 11) is -3.32. The second kappa shape index (κ2) is 5.42. The van der Waals surface area contributed by atoms with Crippen LogP contribution in [0.2, 0.25) is 0 Å². The average molecular weight is 312 g/mol. The van der Waals surface area contributed by atoms with Crippen molar-refractivity contribution in [3.05, 3.63) is 23.8 Å². The number of anilines is 1. The van der Waals surface area contributed by atoms with Crippen molar-refractivity contribution in [3.63, 3.8) is 0 Å². The molecule has 1 aromatic rings. The number of benzene rings is 1. The largest absolute Gasteiger partial charge is 0.325 e. The molecule has 0 heterocycles. The number of nitrogens with one attached hydrogen (secondary N) is 1. The summed E-state index contributed by atoms with van der Waals surface area (Å²) >= 11 is 0. The van der Waals surface area contributed by atoms with Crippen molar-refractivity contribution in [2.75, 3.05) is 11.6 Å². The average Bonchev–Trinajstić information content (AvgIpc) is 2.28. The van der Waals surface area contributed by atoms with E-state index >= 15 is 0 Å². The van der Waals surface area contributed by atoms with E-state index in [0.29, 0.717) is 5.69 Å². The van der Waals surface area contributed by atoms with Gasteiger partial charge in [0.1, 0.15) is 0 Å². The van der Waals surface area contributed by atoms with Crippen LogP contribution in [0.1, 0.15) is 33.3 Å². The van der Waals surface area contributed by atoms with E-state index in [2.05, 4.69) is 5.32 Å². The first-order chi connectivity index (χ1) is 9.26. The molecule has 21 heavy (non-hydrogen) atoms. The van der Waals surface area contributed by atoms with Gasteiger partial charge in [-0.25, -0.2) is 8.42 Å². The predicted molar refractivity (Wildman–Crippen MR) is 85.0 cm³/mol. The number of amides is 1. The monoisotopic (exact) mass is 312 g/mol. The smallest absolute Gasteiger partial charge is 0.231 e. The van der Waals surface area contributed by atoms with Gasteiger partial charge in [-0.15, -0.1) is 0 Å². The first-order valence-electron chi connectivity index (χ1n) is 6.68. The summed E-state index contributed by atoms with van der Waals surface area (Å²) in [6, 6.07) is 4.67. The van der Waals surface area contributed by atoms with Crippen molar-refractivity contribution in [2.24, 2.45) is 11.1 Å². The Morgan fingerprint density at radius 1 is 1.19 bits per heavy atom. The van der Waals surface area contributed by atoms with Crippen molar-refractivity contribution in [1.29, 1.82) is 0 Å². The van der Waals surface area contributed by atoms with Crippen molar-refractivity contribution in [2.45, 2.75) is 45.1 Å². The Morgan fingerprint density at radius 2 is 1.71 bits per heavy atom. The first kappa shape index (κ1) is 17.7. The van der Waals surface area contributed by atoms with Crippen LogP contribution >= 0.6 is 0 Å². The molecule has 0 saturated carbocycles. The Bertz CT molecular complexity index is 656. The number of hydrogen-bond acceptors (Lipinski definition) is 4. The molecular weight excluding hydrogens is 288 g/mol. The van der Waals surface area contributed by atoms with E-state index in [0.717, 1.165) is 11.8 Å². The van der Waals surface area contributed by atoms with Gasteiger partial charge in [-0.3, -0.25) is 4.79 Å². The van der Waals surface area contributed by atoms with Crippen LogP contribution in [0.5, 0.6) is 0 Å². The van der Waals surface area contributed by atoms with E-state index in [4.69, 9.17) is 5.73 Å². The summed E-state index contributed by atoms with van der Waals surface area (Å²) < 4.78 is 23.2. The van der Waals surface area contributed by atoms with Crippen molar-refractivity contribution in [1.82, 2.24) is 0 Å². The lowest BCUT2D eigenvalue weighted by molar-refractivity contribution is -0.126. The molecule has 0 saturated heterocycles. The zero-order valence-corrected chi connectivity index (χ0v) is 14.3. The molecular formula is C15H24N2O3S. The molecule has 0 aliphatic heterocycles. The highest BCUT2D eigenvalue weighted by Crippen LogP contribution is 2.31. The number of carbonyl (C=O) groups excluding carboxylic acids is 1. The SMILES string of the molecule is Cc1ccc(S(C)(=O)=O)cc1NC(=O)C(C)(C)C(C)(C)N.